The van der Waals surface area contributed by atoms with Crippen molar-refractivity contribution in [2.75, 3.05) is 13.9 Å². The van der Waals surface area contributed by atoms with Gasteiger partial charge >= 0.3 is 5.97 Å². The SMILES string of the molecule is COC(=O)C1CCC(=O)N1C(c1ccc2c(c1)OCO2)n1nnc2ccccc21. The van der Waals surface area contributed by atoms with Crippen LogP contribution in [-0.2, 0) is 14.3 Å². The Kier molecular flexibility index (Phi) is 4.08. The van der Waals surface area contributed by atoms with Gasteiger partial charge in [-0.15, -0.1) is 5.10 Å². The summed E-state index contributed by atoms with van der Waals surface area (Å²) in [6.45, 7) is 0.142. The normalized spacial score (nSPS) is 19.0. The van der Waals surface area contributed by atoms with Gasteiger partial charge in [0.15, 0.2) is 17.7 Å². The van der Waals surface area contributed by atoms with Crippen LogP contribution in [0, 0.1) is 0 Å². The van der Waals surface area contributed by atoms with E-state index in [9.17, 15) is 9.59 Å². The average Bonchev–Trinajstić information content (AvgIpc) is 3.47. The first-order valence-electron chi connectivity index (χ1n) is 9.26. The van der Waals surface area contributed by atoms with Gasteiger partial charge < -0.3 is 19.1 Å². The zero-order chi connectivity index (χ0) is 20.0. The number of benzene rings is 2. The topological polar surface area (TPSA) is 95.8 Å². The molecule has 0 saturated carbocycles. The molecule has 0 spiro atoms. The van der Waals surface area contributed by atoms with Gasteiger partial charge in [-0.1, -0.05) is 23.4 Å². The third kappa shape index (κ3) is 2.77. The van der Waals surface area contributed by atoms with Gasteiger partial charge in [-0.3, -0.25) is 4.79 Å². The fraction of sp³-hybridized carbons (Fsp3) is 0.300. The molecule has 0 radical (unpaired) electrons. The maximum absolute atomic E-state index is 12.9. The molecule has 1 saturated heterocycles. The summed E-state index contributed by atoms with van der Waals surface area (Å²) in [4.78, 5) is 26.8. The Morgan fingerprint density at radius 2 is 2.03 bits per heavy atom. The summed E-state index contributed by atoms with van der Waals surface area (Å²) >= 11 is 0. The van der Waals surface area contributed by atoms with Crippen molar-refractivity contribution in [2.24, 2.45) is 0 Å². The molecule has 2 atom stereocenters. The number of methoxy groups -OCH3 is 1. The Morgan fingerprint density at radius 1 is 1.21 bits per heavy atom. The fourth-order valence-corrected chi connectivity index (χ4v) is 3.94. The van der Waals surface area contributed by atoms with Crippen molar-refractivity contribution in [3.05, 3.63) is 48.0 Å². The van der Waals surface area contributed by atoms with Crippen LogP contribution in [0.1, 0.15) is 24.6 Å². The maximum atomic E-state index is 12.9. The summed E-state index contributed by atoms with van der Waals surface area (Å²) in [5, 5.41) is 8.54. The van der Waals surface area contributed by atoms with E-state index in [2.05, 4.69) is 10.3 Å². The van der Waals surface area contributed by atoms with Crippen LogP contribution < -0.4 is 9.47 Å². The van der Waals surface area contributed by atoms with Crippen LogP contribution in [0.15, 0.2) is 42.5 Å². The van der Waals surface area contributed by atoms with Crippen molar-refractivity contribution >= 4 is 22.9 Å². The van der Waals surface area contributed by atoms with E-state index in [1.54, 1.807) is 10.7 Å². The molecule has 5 rings (SSSR count). The summed E-state index contributed by atoms with van der Waals surface area (Å²) in [5.41, 5.74) is 2.17. The van der Waals surface area contributed by atoms with E-state index in [0.717, 1.165) is 11.1 Å². The molecule has 2 aliphatic heterocycles. The monoisotopic (exact) mass is 394 g/mol. The second-order valence-corrected chi connectivity index (χ2v) is 6.89. The number of rotatable bonds is 4. The van der Waals surface area contributed by atoms with Gasteiger partial charge in [0.2, 0.25) is 12.7 Å². The molecule has 1 amide bonds. The lowest BCUT2D eigenvalue weighted by molar-refractivity contribution is -0.151. The van der Waals surface area contributed by atoms with E-state index in [1.807, 2.05) is 36.4 Å². The third-order valence-corrected chi connectivity index (χ3v) is 5.30. The number of likely N-dealkylation sites (tertiary alicyclic amines) is 1. The first kappa shape index (κ1) is 17.5. The van der Waals surface area contributed by atoms with Crippen molar-refractivity contribution in [2.45, 2.75) is 25.0 Å². The lowest BCUT2D eigenvalue weighted by atomic mass is 10.1. The minimum atomic E-state index is -0.703. The molecule has 29 heavy (non-hydrogen) atoms. The van der Waals surface area contributed by atoms with Crippen LogP contribution in [-0.4, -0.2) is 51.7 Å². The molecule has 0 aliphatic carbocycles. The zero-order valence-corrected chi connectivity index (χ0v) is 15.6. The highest BCUT2D eigenvalue weighted by Gasteiger charge is 2.43. The van der Waals surface area contributed by atoms with Crippen molar-refractivity contribution in [3.8, 4) is 11.5 Å². The molecule has 0 N–H and O–H groups in total. The number of ether oxygens (including phenoxy) is 3. The minimum absolute atomic E-state index is 0.142. The van der Waals surface area contributed by atoms with Gasteiger partial charge in [0.1, 0.15) is 11.6 Å². The van der Waals surface area contributed by atoms with Crippen LogP contribution in [0.5, 0.6) is 11.5 Å². The number of hydrogen-bond donors (Lipinski definition) is 0. The lowest BCUT2D eigenvalue weighted by Crippen LogP contribution is -2.44. The molecule has 148 valence electrons. The van der Waals surface area contributed by atoms with Gasteiger partial charge in [-0.25, -0.2) is 9.48 Å². The molecule has 9 nitrogen and oxygen atoms in total. The van der Waals surface area contributed by atoms with E-state index in [1.165, 1.54) is 12.0 Å². The smallest absolute Gasteiger partial charge is 0.328 e. The van der Waals surface area contributed by atoms with E-state index >= 15 is 0 Å². The Balaban J connectivity index is 1.69. The molecule has 3 aromatic rings. The molecule has 2 aromatic carbocycles. The number of aromatic nitrogens is 3. The number of nitrogens with zero attached hydrogens (tertiary/aromatic N) is 4. The van der Waals surface area contributed by atoms with E-state index in [0.29, 0.717) is 23.4 Å². The molecule has 1 aromatic heterocycles. The number of carbonyl (C=O) groups is 2. The van der Waals surface area contributed by atoms with Gasteiger partial charge in [0.05, 0.1) is 12.6 Å². The van der Waals surface area contributed by atoms with Crippen LogP contribution >= 0.6 is 0 Å². The number of amides is 1. The van der Waals surface area contributed by atoms with Crippen molar-refractivity contribution in [1.29, 1.82) is 0 Å². The quantitative estimate of drug-likeness (QED) is 0.623. The van der Waals surface area contributed by atoms with Gasteiger partial charge in [0.25, 0.3) is 0 Å². The van der Waals surface area contributed by atoms with Gasteiger partial charge in [-0.2, -0.15) is 0 Å². The van der Waals surface area contributed by atoms with E-state index in [4.69, 9.17) is 14.2 Å². The minimum Gasteiger partial charge on any atom is -0.467 e. The van der Waals surface area contributed by atoms with Crippen LogP contribution in [0.3, 0.4) is 0 Å². The fourth-order valence-electron chi connectivity index (χ4n) is 3.94. The van der Waals surface area contributed by atoms with Crippen LogP contribution in [0.25, 0.3) is 11.0 Å². The molecule has 0 bridgehead atoms. The summed E-state index contributed by atoms with van der Waals surface area (Å²) in [6, 6.07) is 12.2. The van der Waals surface area contributed by atoms with Gasteiger partial charge in [0, 0.05) is 12.0 Å². The molecular weight excluding hydrogens is 376 g/mol. The maximum Gasteiger partial charge on any atom is 0.328 e. The Morgan fingerprint density at radius 3 is 2.90 bits per heavy atom. The first-order valence-corrected chi connectivity index (χ1v) is 9.26. The standard InChI is InChI=1S/C20H18N4O5/c1-27-20(26)15-7-9-18(25)23(15)19(12-6-8-16-17(10-12)29-11-28-16)24-14-5-3-2-4-13(14)21-22-24/h2-6,8,10,15,19H,7,9,11H2,1H3. The Hall–Kier alpha value is -3.62. The largest absolute Gasteiger partial charge is 0.467 e. The highest BCUT2D eigenvalue weighted by atomic mass is 16.7. The van der Waals surface area contributed by atoms with Crippen molar-refractivity contribution < 1.29 is 23.8 Å². The summed E-state index contributed by atoms with van der Waals surface area (Å²) in [5.74, 6) is 0.611. The molecule has 9 heteroatoms. The average molecular weight is 394 g/mol. The Labute approximate surface area is 165 Å². The molecule has 3 heterocycles. The Bertz CT molecular complexity index is 1110. The van der Waals surface area contributed by atoms with Crippen molar-refractivity contribution in [3.63, 3.8) is 0 Å². The predicted molar refractivity (Wildman–Crippen MR) is 100 cm³/mol. The predicted octanol–water partition coefficient (Wildman–Crippen LogP) is 1.87. The van der Waals surface area contributed by atoms with Crippen LogP contribution in [0.4, 0.5) is 0 Å². The summed E-state index contributed by atoms with van der Waals surface area (Å²) in [7, 11) is 1.32. The van der Waals surface area contributed by atoms with E-state index < -0.39 is 18.2 Å². The zero-order valence-electron chi connectivity index (χ0n) is 15.6. The molecule has 2 aliphatic rings. The lowest BCUT2D eigenvalue weighted by Gasteiger charge is -2.32. The van der Waals surface area contributed by atoms with Crippen molar-refractivity contribution in [1.82, 2.24) is 19.9 Å². The summed E-state index contributed by atoms with van der Waals surface area (Å²) < 4.78 is 17.5. The van der Waals surface area contributed by atoms with E-state index in [-0.39, 0.29) is 19.1 Å². The summed E-state index contributed by atoms with van der Waals surface area (Å²) in [6.07, 6.45) is -0.0388. The number of fused-ring (bicyclic) bond motifs is 2. The first-order chi connectivity index (χ1) is 14.2. The molecular formula is C20H18N4O5. The molecule has 1 fully saturated rings. The van der Waals surface area contributed by atoms with Gasteiger partial charge in [-0.05, 0) is 30.7 Å². The highest BCUT2D eigenvalue weighted by Crippen LogP contribution is 2.39. The number of carbonyl (C=O) groups excluding carboxylic acids is 2. The van der Waals surface area contributed by atoms with Crippen LogP contribution in [0.2, 0.25) is 0 Å². The number of para-hydroxylation sites is 1. The highest BCUT2D eigenvalue weighted by molar-refractivity contribution is 5.88. The number of hydrogen-bond acceptors (Lipinski definition) is 7. The number of esters is 1. The molecule has 2 unspecified atom stereocenters. The third-order valence-electron chi connectivity index (χ3n) is 5.30. The second-order valence-electron chi connectivity index (χ2n) is 6.89. The second kappa shape index (κ2) is 6.77.